The predicted molar refractivity (Wildman–Crippen MR) is 136 cm³/mol. The largest absolute Gasteiger partial charge is 0.383 e. The molecule has 1 aromatic carbocycles. The van der Waals surface area contributed by atoms with E-state index >= 15 is 0 Å². The highest BCUT2D eigenvalue weighted by Gasteiger charge is 2.40. The van der Waals surface area contributed by atoms with Gasteiger partial charge < -0.3 is 24.8 Å². The molecule has 1 saturated carbocycles. The van der Waals surface area contributed by atoms with Crippen molar-refractivity contribution in [2.24, 2.45) is 13.0 Å². The Labute approximate surface area is 206 Å². The summed E-state index contributed by atoms with van der Waals surface area (Å²) in [6, 6.07) is 7.99. The third-order valence-electron chi connectivity index (χ3n) is 6.93. The molecule has 1 aliphatic heterocycles. The molecule has 1 amide bonds. The molecular formula is C26H35ClN4O3. The summed E-state index contributed by atoms with van der Waals surface area (Å²) < 4.78 is 6.71. The van der Waals surface area contributed by atoms with Crippen LogP contribution >= 0.6 is 11.6 Å². The number of benzene rings is 1. The maximum Gasteiger partial charge on any atom is 0.250 e. The quantitative estimate of drug-likeness (QED) is 0.532. The van der Waals surface area contributed by atoms with Crippen molar-refractivity contribution in [1.82, 2.24) is 14.8 Å². The minimum Gasteiger partial charge on any atom is -0.383 e. The molecule has 1 saturated heterocycles. The van der Waals surface area contributed by atoms with E-state index in [0.29, 0.717) is 31.3 Å². The average molecular weight is 487 g/mol. The lowest BCUT2D eigenvalue weighted by molar-refractivity contribution is -0.138. The zero-order valence-corrected chi connectivity index (χ0v) is 21.0. The molecule has 0 spiro atoms. The van der Waals surface area contributed by atoms with Gasteiger partial charge in [-0.3, -0.25) is 9.59 Å². The molecule has 2 aliphatic rings. The van der Waals surface area contributed by atoms with E-state index in [1.165, 1.54) is 0 Å². The first kappa shape index (κ1) is 24.8. The highest BCUT2D eigenvalue weighted by atomic mass is 35.5. The zero-order valence-electron chi connectivity index (χ0n) is 20.3. The molecule has 4 rings (SSSR count). The van der Waals surface area contributed by atoms with Gasteiger partial charge in [-0.1, -0.05) is 11.6 Å². The molecule has 2 N–H and O–H groups in total. The normalized spacial score (nSPS) is 20.2. The molecule has 2 atom stereocenters. The summed E-state index contributed by atoms with van der Waals surface area (Å²) in [5, 5.41) is 7.48. The van der Waals surface area contributed by atoms with Crippen molar-refractivity contribution in [2.75, 3.05) is 38.7 Å². The molecule has 8 heteroatoms. The Bertz CT molecular complexity index is 1080. The number of ether oxygens (including phenoxy) is 1. The molecule has 34 heavy (non-hydrogen) atoms. The van der Waals surface area contributed by atoms with E-state index in [0.717, 1.165) is 48.2 Å². The molecule has 1 aromatic heterocycles. The van der Waals surface area contributed by atoms with E-state index in [1.54, 1.807) is 31.0 Å². The number of methoxy groups -OCH3 is 1. The van der Waals surface area contributed by atoms with Crippen LogP contribution in [0.3, 0.4) is 0 Å². The number of hydrogen-bond donors (Lipinski definition) is 2. The highest BCUT2D eigenvalue weighted by Crippen LogP contribution is 2.37. The minimum atomic E-state index is -0.204. The van der Waals surface area contributed by atoms with Crippen LogP contribution in [0.5, 0.6) is 0 Å². The molecule has 1 aliphatic carbocycles. The second kappa shape index (κ2) is 10.9. The summed E-state index contributed by atoms with van der Waals surface area (Å²) in [6.45, 7) is 5.26. The van der Waals surface area contributed by atoms with Gasteiger partial charge in [-0.05, 0) is 73.5 Å². The van der Waals surface area contributed by atoms with Gasteiger partial charge in [-0.2, -0.15) is 0 Å². The average Bonchev–Trinajstić information content (AvgIpc) is 3.67. The van der Waals surface area contributed by atoms with Gasteiger partial charge in [0.1, 0.15) is 0 Å². The van der Waals surface area contributed by atoms with Crippen LogP contribution in [0.15, 0.2) is 35.3 Å². The fourth-order valence-corrected chi connectivity index (χ4v) is 5.01. The summed E-state index contributed by atoms with van der Waals surface area (Å²) in [6.07, 6.45) is 4.67. The Hall–Kier alpha value is -2.35. The van der Waals surface area contributed by atoms with Crippen molar-refractivity contribution in [1.29, 1.82) is 0 Å². The van der Waals surface area contributed by atoms with E-state index in [4.69, 9.17) is 16.3 Å². The van der Waals surface area contributed by atoms with Crippen molar-refractivity contribution in [2.45, 2.75) is 44.7 Å². The van der Waals surface area contributed by atoms with Crippen molar-refractivity contribution in [3.05, 3.63) is 62.5 Å². The standard InChI is InChI=1S/C26H35ClN4O3/c1-17-12-20(29-9-11-34-3)13-19(25(17)27)16-31(21-4-5-21)26(33)23-15-28-8-6-22(23)18-7-10-30(2)24(32)14-18/h7,10,12-14,21-23,28-29H,4-6,8-9,11,15-16H2,1-3H3/t22-,23?/m1/s1. The van der Waals surface area contributed by atoms with Gasteiger partial charge >= 0.3 is 0 Å². The van der Waals surface area contributed by atoms with Crippen LogP contribution < -0.4 is 16.2 Å². The SMILES string of the molecule is COCCNc1cc(C)c(Cl)c(CN(C(=O)C2CNCC[C@@H]2c2ccn(C)c(=O)c2)C2CC2)c1. The number of aryl methyl sites for hydroxylation is 2. The number of nitrogens with zero attached hydrogens (tertiary/aromatic N) is 2. The minimum absolute atomic E-state index is 0.0307. The molecule has 7 nitrogen and oxygen atoms in total. The van der Waals surface area contributed by atoms with Gasteiger partial charge in [0.25, 0.3) is 5.56 Å². The number of piperidine rings is 1. The number of nitrogens with one attached hydrogen (secondary N) is 2. The Kier molecular flexibility index (Phi) is 7.96. The zero-order chi connectivity index (χ0) is 24.2. The van der Waals surface area contributed by atoms with E-state index in [1.807, 2.05) is 30.0 Å². The van der Waals surface area contributed by atoms with Crippen LogP contribution in [0.1, 0.15) is 41.9 Å². The van der Waals surface area contributed by atoms with E-state index in [9.17, 15) is 9.59 Å². The first-order chi connectivity index (χ1) is 16.4. The first-order valence-corrected chi connectivity index (χ1v) is 12.5. The summed E-state index contributed by atoms with van der Waals surface area (Å²) in [4.78, 5) is 28.2. The molecule has 1 unspecified atom stereocenters. The fraction of sp³-hybridized carbons (Fsp3) is 0.538. The van der Waals surface area contributed by atoms with Gasteiger partial charge in [-0.25, -0.2) is 0 Å². The van der Waals surface area contributed by atoms with E-state index < -0.39 is 0 Å². The third kappa shape index (κ3) is 5.65. The number of aromatic nitrogens is 1. The summed E-state index contributed by atoms with van der Waals surface area (Å²) >= 11 is 6.70. The molecular weight excluding hydrogens is 452 g/mol. The number of hydrogen-bond acceptors (Lipinski definition) is 5. The van der Waals surface area contributed by atoms with Gasteiger partial charge in [0.15, 0.2) is 0 Å². The molecule has 2 aromatic rings. The second-order valence-corrected chi connectivity index (χ2v) is 9.88. The van der Waals surface area contributed by atoms with Crippen LogP contribution in [0.25, 0.3) is 0 Å². The lowest BCUT2D eigenvalue weighted by Gasteiger charge is -2.36. The van der Waals surface area contributed by atoms with Crippen LogP contribution in [0.2, 0.25) is 5.02 Å². The van der Waals surface area contributed by atoms with E-state index in [2.05, 4.69) is 10.6 Å². The van der Waals surface area contributed by atoms with Crippen molar-refractivity contribution in [3.8, 4) is 0 Å². The number of carbonyl (C=O) groups is 1. The van der Waals surface area contributed by atoms with Crippen molar-refractivity contribution >= 4 is 23.2 Å². The lowest BCUT2D eigenvalue weighted by atomic mass is 9.80. The van der Waals surface area contributed by atoms with Gasteiger partial charge in [0, 0.05) is 62.8 Å². The molecule has 0 bridgehead atoms. The molecule has 2 fully saturated rings. The van der Waals surface area contributed by atoms with Gasteiger partial charge in [-0.15, -0.1) is 0 Å². The number of carbonyl (C=O) groups excluding carboxylic acids is 1. The topological polar surface area (TPSA) is 75.6 Å². The smallest absolute Gasteiger partial charge is 0.250 e. The van der Waals surface area contributed by atoms with Crippen LogP contribution in [-0.2, 0) is 23.1 Å². The summed E-state index contributed by atoms with van der Waals surface area (Å²) in [7, 11) is 3.43. The van der Waals surface area contributed by atoms with E-state index in [-0.39, 0.29) is 29.3 Å². The Balaban J connectivity index is 1.58. The lowest BCUT2D eigenvalue weighted by Crippen LogP contribution is -2.47. The number of pyridine rings is 1. The molecule has 0 radical (unpaired) electrons. The number of halogens is 1. The molecule has 2 heterocycles. The Morgan fingerprint density at radius 1 is 1.29 bits per heavy atom. The third-order valence-corrected chi connectivity index (χ3v) is 7.47. The van der Waals surface area contributed by atoms with Crippen LogP contribution in [0, 0.1) is 12.8 Å². The van der Waals surface area contributed by atoms with Gasteiger partial charge in [0.05, 0.1) is 12.5 Å². The van der Waals surface area contributed by atoms with Crippen LogP contribution in [-0.4, -0.2) is 54.8 Å². The van der Waals surface area contributed by atoms with Gasteiger partial charge in [0.2, 0.25) is 5.91 Å². The number of anilines is 1. The second-order valence-electron chi connectivity index (χ2n) is 9.50. The predicted octanol–water partition coefficient (Wildman–Crippen LogP) is 3.29. The monoisotopic (exact) mass is 486 g/mol. The summed E-state index contributed by atoms with van der Waals surface area (Å²) in [5.41, 5.74) is 3.84. The number of rotatable bonds is 9. The van der Waals surface area contributed by atoms with Crippen molar-refractivity contribution in [3.63, 3.8) is 0 Å². The van der Waals surface area contributed by atoms with Crippen LogP contribution in [0.4, 0.5) is 5.69 Å². The first-order valence-electron chi connectivity index (χ1n) is 12.1. The highest BCUT2D eigenvalue weighted by molar-refractivity contribution is 6.32. The summed E-state index contributed by atoms with van der Waals surface area (Å²) in [5.74, 6) is -0.0284. The number of amides is 1. The van der Waals surface area contributed by atoms with Crippen molar-refractivity contribution < 1.29 is 9.53 Å². The Morgan fingerprint density at radius 3 is 2.79 bits per heavy atom. The maximum atomic E-state index is 13.9. The Morgan fingerprint density at radius 2 is 2.09 bits per heavy atom. The molecule has 184 valence electrons. The maximum absolute atomic E-state index is 13.9. The fourth-order valence-electron chi connectivity index (χ4n) is 4.84.